The third-order valence-corrected chi connectivity index (χ3v) is 6.10. The first-order chi connectivity index (χ1) is 14.0. The van der Waals surface area contributed by atoms with Crippen LogP contribution in [0.15, 0.2) is 55.6 Å². The summed E-state index contributed by atoms with van der Waals surface area (Å²) in [6.45, 7) is 2.78. The van der Waals surface area contributed by atoms with Crippen LogP contribution >= 0.6 is 23.1 Å². The van der Waals surface area contributed by atoms with Crippen LogP contribution in [-0.2, 0) is 11.3 Å². The average molecular weight is 434 g/mol. The fraction of sp³-hybridized carbons (Fsp3) is 0.263. The van der Waals surface area contributed by atoms with E-state index in [0.717, 1.165) is 5.69 Å². The van der Waals surface area contributed by atoms with Crippen LogP contribution in [0.25, 0.3) is 0 Å². The molecule has 3 rings (SSSR count). The number of hydrogen-bond donors (Lipinski definition) is 0. The van der Waals surface area contributed by atoms with Gasteiger partial charge in [-0.15, -0.1) is 11.3 Å². The normalized spacial score (nSPS) is 10.8. The van der Waals surface area contributed by atoms with E-state index in [1.165, 1.54) is 35.4 Å². The van der Waals surface area contributed by atoms with Crippen LogP contribution in [0.3, 0.4) is 0 Å². The van der Waals surface area contributed by atoms with Gasteiger partial charge < -0.3 is 14.1 Å². The molecule has 2 heterocycles. The van der Waals surface area contributed by atoms with Gasteiger partial charge in [0.15, 0.2) is 4.34 Å². The van der Waals surface area contributed by atoms with Gasteiger partial charge in [-0.25, -0.2) is 4.98 Å². The molecular formula is C19H19N3O5S2. The van der Waals surface area contributed by atoms with Gasteiger partial charge in [0.25, 0.3) is 11.6 Å². The number of rotatable bonds is 9. The molecule has 10 heteroatoms. The topological polar surface area (TPSA) is 98.7 Å². The van der Waals surface area contributed by atoms with E-state index < -0.39 is 4.92 Å². The van der Waals surface area contributed by atoms with Gasteiger partial charge in [-0.1, -0.05) is 11.8 Å². The van der Waals surface area contributed by atoms with Gasteiger partial charge in [0.1, 0.15) is 5.76 Å². The molecule has 0 aliphatic rings. The lowest BCUT2D eigenvalue weighted by Crippen LogP contribution is -2.33. The van der Waals surface area contributed by atoms with Gasteiger partial charge in [0, 0.05) is 36.4 Å². The van der Waals surface area contributed by atoms with Crippen LogP contribution in [0.2, 0.25) is 0 Å². The maximum atomic E-state index is 13.0. The molecule has 1 aromatic carbocycles. The number of aromatic nitrogens is 1. The summed E-state index contributed by atoms with van der Waals surface area (Å²) in [5, 5.41) is 13.5. The predicted octanol–water partition coefficient (Wildman–Crippen LogP) is 4.39. The van der Waals surface area contributed by atoms with E-state index in [0.29, 0.717) is 28.1 Å². The first-order valence-electron chi connectivity index (χ1n) is 8.67. The fourth-order valence-corrected chi connectivity index (χ4v) is 4.46. The molecule has 0 aliphatic heterocycles. The van der Waals surface area contributed by atoms with Crippen LogP contribution in [0, 0.1) is 17.0 Å². The predicted molar refractivity (Wildman–Crippen MR) is 109 cm³/mol. The molecule has 0 N–H and O–H groups in total. The average Bonchev–Trinajstić information content (AvgIpc) is 3.36. The van der Waals surface area contributed by atoms with Crippen molar-refractivity contribution in [1.82, 2.24) is 9.88 Å². The van der Waals surface area contributed by atoms with Gasteiger partial charge in [-0.2, -0.15) is 0 Å². The third-order valence-electron chi connectivity index (χ3n) is 3.98. The first-order valence-corrected chi connectivity index (χ1v) is 10.4. The quantitative estimate of drug-likeness (QED) is 0.364. The van der Waals surface area contributed by atoms with E-state index >= 15 is 0 Å². The Bertz CT molecular complexity index is 988. The van der Waals surface area contributed by atoms with E-state index in [9.17, 15) is 14.9 Å². The number of aryl methyl sites for hydroxylation is 1. The number of benzene rings is 1. The van der Waals surface area contributed by atoms with Crippen molar-refractivity contribution in [3.8, 4) is 0 Å². The second-order valence-corrected chi connectivity index (χ2v) is 8.24. The summed E-state index contributed by atoms with van der Waals surface area (Å²) in [4.78, 5) is 30.4. The molecule has 0 unspecified atom stereocenters. The number of nitro groups is 1. The number of methoxy groups -OCH3 is 1. The van der Waals surface area contributed by atoms with Gasteiger partial charge in [0.2, 0.25) is 0 Å². The Morgan fingerprint density at radius 1 is 1.41 bits per heavy atom. The number of nitro benzene ring substituents is 1. The molecule has 0 spiro atoms. The maximum Gasteiger partial charge on any atom is 0.284 e. The number of carbonyl (C=O) groups is 1. The van der Waals surface area contributed by atoms with Crippen molar-refractivity contribution in [2.75, 3.05) is 20.3 Å². The maximum absolute atomic E-state index is 13.0. The Hall–Kier alpha value is -2.69. The van der Waals surface area contributed by atoms with Gasteiger partial charge in [-0.05, 0) is 31.2 Å². The SMILES string of the molecule is COCCN(Cc1ccco1)C(=O)c1ccc(Sc2nc(C)cs2)c([N+](=O)[O-])c1. The summed E-state index contributed by atoms with van der Waals surface area (Å²) in [5.74, 6) is 0.290. The summed E-state index contributed by atoms with van der Waals surface area (Å²) >= 11 is 2.64. The van der Waals surface area contributed by atoms with Crippen LogP contribution in [0.5, 0.6) is 0 Å². The highest BCUT2D eigenvalue weighted by Crippen LogP contribution is 2.37. The minimum Gasteiger partial charge on any atom is -0.467 e. The Labute approximate surface area is 175 Å². The summed E-state index contributed by atoms with van der Waals surface area (Å²) in [5.41, 5.74) is 0.969. The first kappa shape index (κ1) is 21.0. The Balaban J connectivity index is 1.86. The summed E-state index contributed by atoms with van der Waals surface area (Å²) in [7, 11) is 1.55. The highest BCUT2D eigenvalue weighted by Gasteiger charge is 2.23. The van der Waals surface area contributed by atoms with Crippen molar-refractivity contribution in [2.24, 2.45) is 0 Å². The number of nitrogens with zero attached hydrogens (tertiary/aromatic N) is 3. The summed E-state index contributed by atoms with van der Waals surface area (Å²) in [6, 6.07) is 8.01. The Morgan fingerprint density at radius 2 is 2.24 bits per heavy atom. The summed E-state index contributed by atoms with van der Waals surface area (Å²) in [6.07, 6.45) is 1.53. The van der Waals surface area contributed by atoms with E-state index in [-0.39, 0.29) is 23.7 Å². The fourth-order valence-electron chi connectivity index (χ4n) is 2.58. The minimum atomic E-state index is -0.481. The molecule has 0 bridgehead atoms. The van der Waals surface area contributed by atoms with Crippen LogP contribution < -0.4 is 0 Å². The smallest absolute Gasteiger partial charge is 0.284 e. The van der Waals surface area contributed by atoms with Crippen molar-refractivity contribution < 1.29 is 18.9 Å². The van der Waals surface area contributed by atoms with Gasteiger partial charge in [-0.3, -0.25) is 14.9 Å². The highest BCUT2D eigenvalue weighted by atomic mass is 32.2. The second-order valence-electron chi connectivity index (χ2n) is 6.10. The monoisotopic (exact) mass is 433 g/mol. The van der Waals surface area contributed by atoms with Gasteiger partial charge in [0.05, 0.1) is 29.2 Å². The van der Waals surface area contributed by atoms with E-state index in [1.54, 1.807) is 36.3 Å². The van der Waals surface area contributed by atoms with E-state index in [4.69, 9.17) is 9.15 Å². The zero-order valence-electron chi connectivity index (χ0n) is 15.9. The molecule has 8 nitrogen and oxygen atoms in total. The molecule has 152 valence electrons. The number of amides is 1. The molecule has 0 aliphatic carbocycles. The van der Waals surface area contributed by atoms with Crippen LogP contribution in [0.1, 0.15) is 21.8 Å². The molecule has 29 heavy (non-hydrogen) atoms. The third kappa shape index (κ3) is 5.43. The lowest BCUT2D eigenvalue weighted by Gasteiger charge is -2.21. The van der Waals surface area contributed by atoms with Crippen molar-refractivity contribution in [3.63, 3.8) is 0 Å². The number of furan rings is 1. The molecular weight excluding hydrogens is 414 g/mol. The van der Waals surface area contributed by atoms with Crippen molar-refractivity contribution >= 4 is 34.7 Å². The molecule has 1 amide bonds. The van der Waals surface area contributed by atoms with E-state index in [1.807, 2.05) is 12.3 Å². The Kier molecular flexibility index (Phi) is 7.02. The molecule has 0 saturated heterocycles. The number of ether oxygens (including phenoxy) is 1. The molecule has 0 radical (unpaired) electrons. The number of hydrogen-bond acceptors (Lipinski definition) is 8. The Morgan fingerprint density at radius 3 is 2.86 bits per heavy atom. The number of carbonyl (C=O) groups excluding carboxylic acids is 1. The van der Waals surface area contributed by atoms with Gasteiger partial charge >= 0.3 is 0 Å². The lowest BCUT2D eigenvalue weighted by atomic mass is 10.1. The zero-order chi connectivity index (χ0) is 20.8. The van der Waals surface area contributed by atoms with Crippen LogP contribution in [-0.4, -0.2) is 41.0 Å². The van der Waals surface area contributed by atoms with Crippen molar-refractivity contribution in [1.29, 1.82) is 0 Å². The van der Waals surface area contributed by atoms with Crippen molar-refractivity contribution in [3.05, 3.63) is 69.1 Å². The molecule has 2 aromatic heterocycles. The van der Waals surface area contributed by atoms with Crippen LogP contribution in [0.4, 0.5) is 5.69 Å². The minimum absolute atomic E-state index is 0.126. The zero-order valence-corrected chi connectivity index (χ0v) is 17.5. The molecule has 0 fully saturated rings. The van der Waals surface area contributed by atoms with E-state index in [2.05, 4.69) is 4.98 Å². The molecule has 3 aromatic rings. The second kappa shape index (κ2) is 9.68. The largest absolute Gasteiger partial charge is 0.467 e. The lowest BCUT2D eigenvalue weighted by molar-refractivity contribution is -0.387. The standard InChI is InChI=1S/C19H19N3O5S2/c1-13-12-28-19(20-13)29-17-6-5-14(10-16(17)22(24)25)18(23)21(7-9-26-2)11-15-4-3-8-27-15/h3-6,8,10,12H,7,9,11H2,1-2H3. The highest BCUT2D eigenvalue weighted by molar-refractivity contribution is 8.01. The summed E-state index contributed by atoms with van der Waals surface area (Å²) < 4.78 is 11.1. The number of thiazole rings is 1. The van der Waals surface area contributed by atoms with Crippen molar-refractivity contribution in [2.45, 2.75) is 22.7 Å². The molecule has 0 saturated carbocycles. The molecule has 0 atom stereocenters.